The zero-order chi connectivity index (χ0) is 24.3. The quantitative estimate of drug-likeness (QED) is 0.302. The number of nitrogens with zero attached hydrogens (tertiary/aromatic N) is 3. The normalized spacial score (nSPS) is 10.3. The molecule has 0 aliphatic heterocycles. The highest BCUT2D eigenvalue weighted by molar-refractivity contribution is 6.37. The molecule has 11 nitrogen and oxygen atoms in total. The van der Waals surface area contributed by atoms with E-state index < -0.39 is 55.7 Å². The predicted molar refractivity (Wildman–Crippen MR) is 113 cm³/mol. The minimum absolute atomic E-state index is 0.0786. The lowest BCUT2D eigenvalue weighted by atomic mass is 10.0. The van der Waals surface area contributed by atoms with Crippen LogP contribution in [0.25, 0.3) is 0 Å². The van der Waals surface area contributed by atoms with Crippen molar-refractivity contribution in [2.45, 2.75) is 0 Å². The van der Waals surface area contributed by atoms with E-state index in [4.69, 9.17) is 11.6 Å². The summed E-state index contributed by atoms with van der Waals surface area (Å²) in [6, 6.07) is 12.7. The third-order valence-corrected chi connectivity index (χ3v) is 4.77. The van der Waals surface area contributed by atoms with E-state index in [9.17, 15) is 39.7 Å². The van der Waals surface area contributed by atoms with Crippen molar-refractivity contribution in [2.24, 2.45) is 0 Å². The Bertz CT molecular complexity index is 1290. The topological polar surface area (TPSA) is 164 Å². The number of non-ortho nitro benzene ring substituents is 2. The van der Waals surface area contributed by atoms with Gasteiger partial charge in [0.05, 0.1) is 38.2 Å². The van der Waals surface area contributed by atoms with Crippen LogP contribution in [0.1, 0.15) is 31.1 Å². The number of rotatable bonds is 6. The third-order valence-electron chi connectivity index (χ3n) is 4.45. The highest BCUT2D eigenvalue weighted by Gasteiger charge is 2.31. The first-order valence-corrected chi connectivity index (χ1v) is 9.37. The molecular weight excluding hydrogens is 458 g/mol. The first-order chi connectivity index (χ1) is 15.6. The second-order valence-electron chi connectivity index (χ2n) is 6.48. The number of carboxylic acids is 1. The number of amides is 2. The molecule has 0 aromatic heterocycles. The Hall–Kier alpha value is -4.64. The van der Waals surface area contributed by atoms with E-state index in [0.29, 0.717) is 11.0 Å². The molecule has 3 aromatic rings. The number of anilines is 1. The molecule has 0 aliphatic rings. The summed E-state index contributed by atoms with van der Waals surface area (Å²) in [6.45, 7) is 0. The molecule has 12 heteroatoms. The fraction of sp³-hybridized carbons (Fsp3) is 0. The van der Waals surface area contributed by atoms with E-state index in [1.54, 1.807) is 0 Å². The van der Waals surface area contributed by atoms with Crippen molar-refractivity contribution in [2.75, 3.05) is 4.90 Å². The van der Waals surface area contributed by atoms with Crippen LogP contribution < -0.4 is 10.0 Å². The van der Waals surface area contributed by atoms with Crippen molar-refractivity contribution in [3.05, 3.63) is 109 Å². The van der Waals surface area contributed by atoms with Gasteiger partial charge in [-0.3, -0.25) is 29.8 Å². The molecule has 0 atom stereocenters. The maximum atomic E-state index is 13.4. The van der Waals surface area contributed by atoms with Gasteiger partial charge in [0.1, 0.15) is 0 Å². The van der Waals surface area contributed by atoms with Crippen molar-refractivity contribution >= 4 is 46.4 Å². The van der Waals surface area contributed by atoms with Gasteiger partial charge in [0.2, 0.25) is 0 Å². The van der Waals surface area contributed by atoms with Crippen LogP contribution in [0.5, 0.6) is 0 Å². The van der Waals surface area contributed by atoms with Crippen molar-refractivity contribution in [1.82, 2.24) is 0 Å². The summed E-state index contributed by atoms with van der Waals surface area (Å²) >= 11 is 6.16. The number of hydrogen-bond acceptors (Lipinski definition) is 8. The first-order valence-electron chi connectivity index (χ1n) is 8.99. The van der Waals surface area contributed by atoms with Gasteiger partial charge in [-0.15, -0.1) is 0 Å². The van der Waals surface area contributed by atoms with Gasteiger partial charge in [-0.05, 0) is 18.2 Å². The van der Waals surface area contributed by atoms with Gasteiger partial charge in [0.15, 0.2) is 0 Å². The third kappa shape index (κ3) is 4.67. The SMILES string of the molecule is O=C([O-])c1ccccc1C(=O)N(C(=O)c1cc([N+](=O)[O-])cc([N+](=O)[O-])c1)c1ccccc1Cl. The smallest absolute Gasteiger partial charge is 0.277 e. The van der Waals surface area contributed by atoms with E-state index in [1.165, 1.54) is 36.4 Å². The van der Waals surface area contributed by atoms with Crippen LogP contribution >= 0.6 is 11.6 Å². The van der Waals surface area contributed by atoms with E-state index in [2.05, 4.69) is 0 Å². The average Bonchev–Trinajstić information content (AvgIpc) is 2.79. The van der Waals surface area contributed by atoms with Gasteiger partial charge in [0, 0.05) is 23.3 Å². The van der Waals surface area contributed by atoms with E-state index in [1.807, 2.05) is 0 Å². The van der Waals surface area contributed by atoms with Crippen LogP contribution in [0.4, 0.5) is 17.1 Å². The number of hydrogen-bond donors (Lipinski definition) is 0. The van der Waals surface area contributed by atoms with Crippen molar-refractivity contribution < 1.29 is 29.3 Å². The number of aromatic carboxylic acids is 1. The van der Waals surface area contributed by atoms with E-state index in [0.717, 1.165) is 24.3 Å². The molecule has 0 radical (unpaired) electrons. The Morgan fingerprint density at radius 1 is 0.758 bits per heavy atom. The number of carbonyl (C=O) groups excluding carboxylic acids is 3. The number of para-hydroxylation sites is 1. The number of imide groups is 1. The number of benzene rings is 3. The van der Waals surface area contributed by atoms with Gasteiger partial charge in [-0.1, -0.05) is 41.9 Å². The summed E-state index contributed by atoms with van der Waals surface area (Å²) in [6.07, 6.45) is 0. The molecule has 0 N–H and O–H groups in total. The molecule has 3 rings (SSSR count). The summed E-state index contributed by atoms with van der Waals surface area (Å²) in [5, 5.41) is 33.8. The molecule has 0 fully saturated rings. The fourth-order valence-electron chi connectivity index (χ4n) is 2.97. The fourth-order valence-corrected chi connectivity index (χ4v) is 3.19. The minimum Gasteiger partial charge on any atom is -0.545 e. The largest absolute Gasteiger partial charge is 0.545 e. The lowest BCUT2D eigenvalue weighted by Crippen LogP contribution is -2.39. The van der Waals surface area contributed by atoms with Crippen LogP contribution in [0.2, 0.25) is 5.02 Å². The molecular formula is C21H11ClN3O8-. The molecule has 166 valence electrons. The minimum atomic E-state index is -1.68. The maximum Gasteiger partial charge on any atom is 0.277 e. The standard InChI is InChI=1S/C21H12ClN3O8/c22-17-7-3-4-8-18(17)23(20(27)15-5-1-2-6-16(15)21(28)29)19(26)12-9-13(24(30)31)11-14(10-12)25(32)33/h1-11H,(H,28,29)/p-1. The van der Waals surface area contributed by atoms with Gasteiger partial charge >= 0.3 is 0 Å². The highest BCUT2D eigenvalue weighted by atomic mass is 35.5. The average molecular weight is 469 g/mol. The summed E-state index contributed by atoms with van der Waals surface area (Å²) in [5.74, 6) is -4.02. The molecule has 33 heavy (non-hydrogen) atoms. The number of carbonyl (C=O) groups is 3. The van der Waals surface area contributed by atoms with Crippen LogP contribution in [0.3, 0.4) is 0 Å². The van der Waals surface area contributed by atoms with E-state index >= 15 is 0 Å². The molecule has 0 bridgehead atoms. The Labute approximate surface area is 189 Å². The summed E-state index contributed by atoms with van der Waals surface area (Å²) < 4.78 is 0. The summed E-state index contributed by atoms with van der Waals surface area (Å²) in [5.41, 5.74) is -3.18. The molecule has 0 saturated carbocycles. The van der Waals surface area contributed by atoms with Crippen LogP contribution in [0, 0.1) is 20.2 Å². The lowest BCUT2D eigenvalue weighted by molar-refractivity contribution is -0.394. The summed E-state index contributed by atoms with van der Waals surface area (Å²) in [4.78, 5) is 59.3. The number of halogens is 1. The predicted octanol–water partition coefficient (Wildman–Crippen LogP) is 3.01. The molecule has 3 aromatic carbocycles. The number of carboxylic acid groups (broad SMARTS) is 1. The van der Waals surface area contributed by atoms with Crippen molar-refractivity contribution in [3.8, 4) is 0 Å². The van der Waals surface area contributed by atoms with Crippen molar-refractivity contribution in [3.63, 3.8) is 0 Å². The molecule has 0 aliphatic carbocycles. The van der Waals surface area contributed by atoms with Crippen LogP contribution in [0.15, 0.2) is 66.7 Å². The van der Waals surface area contributed by atoms with Gasteiger partial charge in [-0.2, -0.15) is 0 Å². The maximum absolute atomic E-state index is 13.4. The molecule has 0 heterocycles. The molecule has 0 spiro atoms. The summed E-state index contributed by atoms with van der Waals surface area (Å²) in [7, 11) is 0. The number of nitro benzene ring substituents is 2. The van der Waals surface area contributed by atoms with Crippen LogP contribution in [-0.2, 0) is 0 Å². The zero-order valence-corrected chi connectivity index (χ0v) is 17.1. The van der Waals surface area contributed by atoms with Gasteiger partial charge in [-0.25, -0.2) is 4.90 Å². The van der Waals surface area contributed by atoms with E-state index in [-0.39, 0.29) is 10.7 Å². The number of nitro groups is 2. The molecule has 2 amide bonds. The highest BCUT2D eigenvalue weighted by Crippen LogP contribution is 2.31. The Morgan fingerprint density at radius 2 is 1.27 bits per heavy atom. The van der Waals surface area contributed by atoms with Crippen molar-refractivity contribution in [1.29, 1.82) is 0 Å². The monoisotopic (exact) mass is 468 g/mol. The van der Waals surface area contributed by atoms with Crippen LogP contribution in [-0.4, -0.2) is 27.6 Å². The van der Waals surface area contributed by atoms with Gasteiger partial charge in [0.25, 0.3) is 23.2 Å². The molecule has 0 unspecified atom stereocenters. The lowest BCUT2D eigenvalue weighted by Gasteiger charge is -2.23. The zero-order valence-electron chi connectivity index (χ0n) is 16.3. The first kappa shape index (κ1) is 23.0. The Morgan fingerprint density at radius 3 is 1.79 bits per heavy atom. The second-order valence-corrected chi connectivity index (χ2v) is 6.89. The Balaban J connectivity index is 2.24. The van der Waals surface area contributed by atoms with Gasteiger partial charge < -0.3 is 9.90 Å². The second kappa shape index (κ2) is 9.24. The Kier molecular flexibility index (Phi) is 6.45. The molecule has 0 saturated heterocycles.